The molecule has 0 saturated carbocycles. The Balaban J connectivity index is 2.98. The largest absolute Gasteiger partial charge is 0.573 e. The Morgan fingerprint density at radius 1 is 1.35 bits per heavy atom. The lowest BCUT2D eigenvalue weighted by Gasteiger charge is -2.10. The van der Waals surface area contributed by atoms with Gasteiger partial charge in [0.05, 0.1) is 0 Å². The highest BCUT2D eigenvalue weighted by Crippen LogP contribution is 2.26. The molecule has 0 radical (unpaired) electrons. The summed E-state index contributed by atoms with van der Waals surface area (Å²) in [5, 5.41) is 0.374. The number of carbonyl (C=O) groups is 1. The van der Waals surface area contributed by atoms with Crippen molar-refractivity contribution in [2.75, 3.05) is 5.33 Å². The van der Waals surface area contributed by atoms with Crippen LogP contribution in [0, 0.1) is 5.82 Å². The first kappa shape index (κ1) is 14.0. The van der Waals surface area contributed by atoms with Gasteiger partial charge in [-0.05, 0) is 18.2 Å². The molecule has 0 saturated heterocycles. The maximum Gasteiger partial charge on any atom is 0.573 e. The van der Waals surface area contributed by atoms with E-state index in [9.17, 15) is 22.4 Å². The molecule has 0 fully saturated rings. The smallest absolute Gasteiger partial charge is 0.403 e. The first-order valence-electron chi connectivity index (χ1n) is 4.48. The van der Waals surface area contributed by atoms with Crippen molar-refractivity contribution in [1.29, 1.82) is 0 Å². The number of ether oxygens (including phenoxy) is 1. The van der Waals surface area contributed by atoms with Gasteiger partial charge in [-0.1, -0.05) is 15.9 Å². The van der Waals surface area contributed by atoms with E-state index in [1.165, 1.54) is 0 Å². The van der Waals surface area contributed by atoms with E-state index in [-0.39, 0.29) is 12.0 Å². The Labute approximate surface area is 103 Å². The first-order valence-corrected chi connectivity index (χ1v) is 5.60. The summed E-state index contributed by atoms with van der Waals surface area (Å²) in [6, 6.07) is 2.62. The summed E-state index contributed by atoms with van der Waals surface area (Å²) in [5.74, 6) is -2.57. The van der Waals surface area contributed by atoms with E-state index in [0.29, 0.717) is 5.33 Å². The maximum absolute atomic E-state index is 13.0. The van der Waals surface area contributed by atoms with Crippen LogP contribution in [0.3, 0.4) is 0 Å². The highest BCUT2D eigenvalue weighted by molar-refractivity contribution is 9.09. The second-order valence-electron chi connectivity index (χ2n) is 3.06. The summed E-state index contributed by atoms with van der Waals surface area (Å²) in [6.07, 6.45) is -4.88. The molecule has 0 unspecified atom stereocenters. The van der Waals surface area contributed by atoms with E-state index < -0.39 is 23.7 Å². The number of carbonyl (C=O) groups excluding carboxylic acids is 1. The minimum Gasteiger partial charge on any atom is -0.403 e. The number of Topliss-reactive ketones (excluding diaryl/α,β-unsaturated/α-hetero) is 1. The zero-order valence-corrected chi connectivity index (χ0v) is 9.94. The van der Waals surface area contributed by atoms with Gasteiger partial charge in [-0.2, -0.15) is 0 Å². The predicted molar refractivity (Wildman–Crippen MR) is 55.8 cm³/mol. The van der Waals surface area contributed by atoms with Crippen molar-refractivity contribution in [2.24, 2.45) is 0 Å². The Kier molecular flexibility index (Phi) is 4.50. The minimum atomic E-state index is -4.99. The molecule has 0 bridgehead atoms. The summed E-state index contributed by atoms with van der Waals surface area (Å²) in [7, 11) is 0. The van der Waals surface area contributed by atoms with Crippen LogP contribution < -0.4 is 4.74 Å². The van der Waals surface area contributed by atoms with E-state index in [1.807, 2.05) is 0 Å². The van der Waals surface area contributed by atoms with Crippen LogP contribution in [0.2, 0.25) is 0 Å². The van der Waals surface area contributed by atoms with Gasteiger partial charge < -0.3 is 4.74 Å². The van der Waals surface area contributed by atoms with Crippen molar-refractivity contribution >= 4 is 21.7 Å². The minimum absolute atomic E-state index is 0.0231. The Hall–Kier alpha value is -1.11. The van der Waals surface area contributed by atoms with E-state index in [4.69, 9.17) is 0 Å². The van der Waals surface area contributed by atoms with E-state index in [2.05, 4.69) is 20.7 Å². The van der Waals surface area contributed by atoms with E-state index >= 15 is 0 Å². The average molecular weight is 315 g/mol. The monoisotopic (exact) mass is 314 g/mol. The van der Waals surface area contributed by atoms with Crippen molar-refractivity contribution in [3.8, 4) is 5.75 Å². The lowest BCUT2D eigenvalue weighted by Crippen LogP contribution is -2.18. The Morgan fingerprint density at radius 2 is 2.00 bits per heavy atom. The zero-order chi connectivity index (χ0) is 13.1. The molecule has 2 nitrogen and oxygen atoms in total. The molecular formula is C10H7BrF4O2. The van der Waals surface area contributed by atoms with Crippen LogP contribution in [-0.2, 0) is 0 Å². The highest BCUT2D eigenvalue weighted by Gasteiger charge is 2.32. The molecule has 0 N–H and O–H groups in total. The van der Waals surface area contributed by atoms with Gasteiger partial charge in [0.2, 0.25) is 0 Å². The molecule has 17 heavy (non-hydrogen) atoms. The number of rotatable bonds is 4. The fourth-order valence-electron chi connectivity index (χ4n) is 1.11. The third-order valence-electron chi connectivity index (χ3n) is 1.80. The summed E-state index contributed by atoms with van der Waals surface area (Å²) in [4.78, 5) is 11.4. The third kappa shape index (κ3) is 4.33. The lowest BCUT2D eigenvalue weighted by atomic mass is 10.1. The highest BCUT2D eigenvalue weighted by atomic mass is 79.9. The number of alkyl halides is 4. The molecule has 0 aliphatic heterocycles. The number of benzene rings is 1. The predicted octanol–water partition coefficient (Wildman–Crippen LogP) is 3.69. The van der Waals surface area contributed by atoms with Gasteiger partial charge >= 0.3 is 6.36 Å². The van der Waals surface area contributed by atoms with Crippen molar-refractivity contribution < 1.29 is 27.1 Å². The summed E-state index contributed by atoms with van der Waals surface area (Å²) < 4.78 is 52.2. The van der Waals surface area contributed by atoms with Gasteiger partial charge in [0.1, 0.15) is 0 Å². The van der Waals surface area contributed by atoms with Crippen LogP contribution in [0.5, 0.6) is 5.75 Å². The van der Waals surface area contributed by atoms with E-state index in [1.54, 1.807) is 0 Å². The standard InChI is InChI=1S/C10H7BrF4O2/c11-4-3-8(16)6-1-2-7(12)9(5-6)17-10(13,14)15/h1-2,5H,3-4H2. The zero-order valence-electron chi connectivity index (χ0n) is 8.35. The summed E-state index contributed by atoms with van der Waals surface area (Å²) in [6.45, 7) is 0. The molecule has 0 heterocycles. The molecule has 0 atom stereocenters. The second kappa shape index (κ2) is 5.48. The van der Waals surface area contributed by atoms with Gasteiger partial charge in [0.15, 0.2) is 17.3 Å². The SMILES string of the molecule is O=C(CCBr)c1ccc(F)c(OC(F)(F)F)c1. The molecule has 94 valence electrons. The number of hydrogen-bond donors (Lipinski definition) is 0. The Bertz CT molecular complexity index is 417. The van der Waals surface area contributed by atoms with Crippen LogP contribution in [0.25, 0.3) is 0 Å². The quantitative estimate of drug-likeness (QED) is 0.481. The number of ketones is 1. The molecule has 1 aromatic carbocycles. The third-order valence-corrected chi connectivity index (χ3v) is 2.20. The van der Waals surface area contributed by atoms with Crippen LogP contribution in [0.15, 0.2) is 18.2 Å². The second-order valence-corrected chi connectivity index (χ2v) is 3.85. The van der Waals surface area contributed by atoms with Crippen LogP contribution in [-0.4, -0.2) is 17.5 Å². The summed E-state index contributed by atoms with van der Waals surface area (Å²) in [5.41, 5.74) is -0.0231. The average Bonchev–Trinajstić information content (AvgIpc) is 2.19. The first-order chi connectivity index (χ1) is 7.83. The fourth-order valence-corrected chi connectivity index (χ4v) is 1.47. The van der Waals surface area contributed by atoms with Crippen molar-refractivity contribution in [3.63, 3.8) is 0 Å². The molecule has 0 aliphatic rings. The van der Waals surface area contributed by atoms with Gasteiger partial charge in [0.25, 0.3) is 0 Å². The molecular weight excluding hydrogens is 308 g/mol. The van der Waals surface area contributed by atoms with Gasteiger partial charge in [0, 0.05) is 17.3 Å². The molecule has 0 amide bonds. The van der Waals surface area contributed by atoms with Gasteiger partial charge in [-0.3, -0.25) is 4.79 Å². The number of halogens is 5. The normalized spacial score (nSPS) is 11.4. The lowest BCUT2D eigenvalue weighted by molar-refractivity contribution is -0.275. The topological polar surface area (TPSA) is 26.3 Å². The molecule has 0 spiro atoms. The van der Waals surface area contributed by atoms with Gasteiger partial charge in [-0.25, -0.2) is 4.39 Å². The molecule has 0 aliphatic carbocycles. The van der Waals surface area contributed by atoms with Crippen LogP contribution in [0.1, 0.15) is 16.8 Å². The van der Waals surface area contributed by atoms with Crippen molar-refractivity contribution in [2.45, 2.75) is 12.8 Å². The number of hydrogen-bond acceptors (Lipinski definition) is 2. The maximum atomic E-state index is 13.0. The van der Waals surface area contributed by atoms with Crippen LogP contribution >= 0.6 is 15.9 Å². The Morgan fingerprint density at radius 3 is 2.53 bits per heavy atom. The molecule has 1 aromatic rings. The van der Waals surface area contributed by atoms with Gasteiger partial charge in [-0.15, -0.1) is 13.2 Å². The molecule has 0 aromatic heterocycles. The van der Waals surface area contributed by atoms with Crippen molar-refractivity contribution in [1.82, 2.24) is 0 Å². The van der Waals surface area contributed by atoms with Crippen LogP contribution in [0.4, 0.5) is 17.6 Å². The summed E-state index contributed by atoms with van der Waals surface area (Å²) >= 11 is 3.02. The van der Waals surface area contributed by atoms with Crippen molar-refractivity contribution in [3.05, 3.63) is 29.6 Å². The fraction of sp³-hybridized carbons (Fsp3) is 0.300. The molecule has 1 rings (SSSR count). The van der Waals surface area contributed by atoms with E-state index in [0.717, 1.165) is 18.2 Å². The molecule has 7 heteroatoms.